The number of carbonyl (C=O) groups excluding carboxylic acids is 2. The van der Waals surface area contributed by atoms with Crippen molar-refractivity contribution in [2.75, 3.05) is 17.7 Å². The van der Waals surface area contributed by atoms with Crippen molar-refractivity contribution in [1.82, 2.24) is 4.57 Å². The Hall–Kier alpha value is -3.00. The first kappa shape index (κ1) is 20.7. The zero-order valence-electron chi connectivity index (χ0n) is 17.2. The fourth-order valence-corrected chi connectivity index (χ4v) is 3.78. The monoisotopic (exact) mass is 415 g/mol. The second kappa shape index (κ2) is 8.16. The molecule has 3 rings (SSSR count). The van der Waals surface area contributed by atoms with E-state index < -0.39 is 11.7 Å². The van der Waals surface area contributed by atoms with Gasteiger partial charge in [0, 0.05) is 29.3 Å². The Balaban J connectivity index is 1.66. The highest BCUT2D eigenvalue weighted by Gasteiger charge is 2.17. The standard InChI is InChI=1S/C21H25N3O4S/c1-21(2,3)28-20(26)23-15-10-16(24(4)12-15)11-22-14-6-7-17-13(8-14)9-18(29-17)19(25)27-5/h6-10,12,22H,11H2,1-5H3,(H,23,26). The van der Waals surface area contributed by atoms with Crippen LogP contribution in [0.25, 0.3) is 10.1 Å². The van der Waals surface area contributed by atoms with Gasteiger partial charge in [-0.3, -0.25) is 5.32 Å². The second-order valence-corrected chi connectivity index (χ2v) is 8.75. The van der Waals surface area contributed by atoms with Crippen LogP contribution in [0, 0.1) is 0 Å². The van der Waals surface area contributed by atoms with Crippen LogP contribution in [0.4, 0.5) is 16.2 Å². The van der Waals surface area contributed by atoms with Gasteiger partial charge in [0.05, 0.1) is 19.3 Å². The second-order valence-electron chi connectivity index (χ2n) is 7.67. The lowest BCUT2D eigenvalue weighted by Crippen LogP contribution is -2.27. The van der Waals surface area contributed by atoms with Crippen molar-refractivity contribution in [3.05, 3.63) is 47.1 Å². The lowest BCUT2D eigenvalue weighted by molar-refractivity contribution is 0.0603. The highest BCUT2D eigenvalue weighted by Crippen LogP contribution is 2.29. The molecule has 0 unspecified atom stereocenters. The molecule has 0 saturated heterocycles. The highest BCUT2D eigenvalue weighted by molar-refractivity contribution is 7.20. The fraction of sp³-hybridized carbons (Fsp3) is 0.333. The molecule has 0 radical (unpaired) electrons. The maximum absolute atomic E-state index is 11.9. The molecular formula is C21H25N3O4S. The summed E-state index contributed by atoms with van der Waals surface area (Å²) in [4.78, 5) is 24.2. The number of fused-ring (bicyclic) bond motifs is 1. The van der Waals surface area contributed by atoms with Crippen molar-refractivity contribution >= 4 is 44.9 Å². The van der Waals surface area contributed by atoms with Gasteiger partial charge in [-0.15, -0.1) is 11.3 Å². The molecule has 0 spiro atoms. The molecule has 29 heavy (non-hydrogen) atoms. The Kier molecular flexibility index (Phi) is 5.83. The SMILES string of the molecule is COC(=O)c1cc2cc(NCc3cc(NC(=O)OC(C)(C)C)cn3C)ccc2s1. The third-order valence-electron chi connectivity index (χ3n) is 4.13. The number of benzene rings is 1. The van der Waals surface area contributed by atoms with E-state index >= 15 is 0 Å². The van der Waals surface area contributed by atoms with Gasteiger partial charge in [-0.2, -0.15) is 0 Å². The molecule has 0 aliphatic heterocycles. The van der Waals surface area contributed by atoms with Gasteiger partial charge in [0.2, 0.25) is 0 Å². The Labute approximate surface area is 173 Å². The number of hydrogen-bond donors (Lipinski definition) is 2. The number of carbonyl (C=O) groups is 2. The van der Waals surface area contributed by atoms with Gasteiger partial charge in [0.1, 0.15) is 10.5 Å². The molecule has 0 atom stereocenters. The van der Waals surface area contributed by atoms with Crippen molar-refractivity contribution in [2.45, 2.75) is 32.9 Å². The first-order valence-corrected chi connectivity index (χ1v) is 9.97. The largest absolute Gasteiger partial charge is 0.465 e. The van der Waals surface area contributed by atoms with Crippen LogP contribution in [-0.4, -0.2) is 29.3 Å². The molecule has 8 heteroatoms. The number of nitrogens with one attached hydrogen (secondary N) is 2. The lowest BCUT2D eigenvalue weighted by Gasteiger charge is -2.19. The van der Waals surface area contributed by atoms with Crippen LogP contribution in [0.5, 0.6) is 0 Å². The van der Waals surface area contributed by atoms with E-state index in [1.165, 1.54) is 18.4 Å². The highest BCUT2D eigenvalue weighted by atomic mass is 32.1. The number of ether oxygens (including phenoxy) is 2. The predicted octanol–water partition coefficient (Wildman–Crippen LogP) is 4.99. The number of hydrogen-bond acceptors (Lipinski definition) is 6. The summed E-state index contributed by atoms with van der Waals surface area (Å²) in [6, 6.07) is 9.69. The van der Waals surface area contributed by atoms with Gasteiger partial charge >= 0.3 is 12.1 Å². The molecule has 0 aliphatic carbocycles. The van der Waals surface area contributed by atoms with Crippen LogP contribution in [0.15, 0.2) is 36.5 Å². The predicted molar refractivity (Wildman–Crippen MR) is 116 cm³/mol. The summed E-state index contributed by atoms with van der Waals surface area (Å²) in [6.07, 6.45) is 1.36. The molecule has 1 aromatic carbocycles. The Morgan fingerprint density at radius 2 is 1.90 bits per heavy atom. The number of methoxy groups -OCH3 is 1. The molecule has 0 bridgehead atoms. The van der Waals surface area contributed by atoms with Gasteiger partial charge in [0.25, 0.3) is 0 Å². The van der Waals surface area contributed by atoms with Gasteiger partial charge in [-0.1, -0.05) is 0 Å². The Morgan fingerprint density at radius 3 is 2.59 bits per heavy atom. The maximum Gasteiger partial charge on any atom is 0.412 e. The Morgan fingerprint density at radius 1 is 1.14 bits per heavy atom. The number of anilines is 2. The minimum atomic E-state index is -0.544. The maximum atomic E-state index is 11.9. The van der Waals surface area contributed by atoms with Crippen molar-refractivity contribution in [3.8, 4) is 0 Å². The van der Waals surface area contributed by atoms with E-state index in [1.54, 1.807) is 0 Å². The topological polar surface area (TPSA) is 81.6 Å². The molecule has 154 valence electrons. The van der Waals surface area contributed by atoms with E-state index in [-0.39, 0.29) is 5.97 Å². The third-order valence-corrected chi connectivity index (χ3v) is 5.23. The van der Waals surface area contributed by atoms with Gasteiger partial charge in [-0.05, 0) is 56.5 Å². The average molecular weight is 416 g/mol. The summed E-state index contributed by atoms with van der Waals surface area (Å²) < 4.78 is 13.0. The lowest BCUT2D eigenvalue weighted by atomic mass is 10.2. The first-order chi connectivity index (χ1) is 13.6. The summed E-state index contributed by atoms with van der Waals surface area (Å²) in [5, 5.41) is 7.11. The van der Waals surface area contributed by atoms with Crippen LogP contribution in [0.2, 0.25) is 0 Å². The fourth-order valence-electron chi connectivity index (χ4n) is 2.82. The summed E-state index contributed by atoms with van der Waals surface area (Å²) >= 11 is 1.41. The van der Waals surface area contributed by atoms with E-state index in [0.29, 0.717) is 17.1 Å². The summed E-state index contributed by atoms with van der Waals surface area (Å²) in [6.45, 7) is 6.05. The van der Waals surface area contributed by atoms with E-state index in [4.69, 9.17) is 9.47 Å². The van der Waals surface area contributed by atoms with Crippen molar-refractivity contribution in [3.63, 3.8) is 0 Å². The van der Waals surface area contributed by atoms with Crippen LogP contribution in [0.1, 0.15) is 36.1 Å². The minimum absolute atomic E-state index is 0.325. The number of aryl methyl sites for hydroxylation is 1. The molecule has 2 heterocycles. The zero-order valence-corrected chi connectivity index (χ0v) is 18.0. The number of rotatable bonds is 5. The van der Waals surface area contributed by atoms with Gasteiger partial charge in [-0.25, -0.2) is 9.59 Å². The summed E-state index contributed by atoms with van der Waals surface area (Å²) in [5.41, 5.74) is 2.07. The molecule has 7 nitrogen and oxygen atoms in total. The van der Waals surface area contributed by atoms with Crippen LogP contribution in [-0.2, 0) is 23.1 Å². The van der Waals surface area contributed by atoms with Crippen LogP contribution < -0.4 is 10.6 Å². The number of aromatic nitrogens is 1. The smallest absolute Gasteiger partial charge is 0.412 e. The molecular weight excluding hydrogens is 390 g/mol. The molecule has 3 aromatic rings. The van der Waals surface area contributed by atoms with E-state index in [1.807, 2.05) is 68.9 Å². The quantitative estimate of drug-likeness (QED) is 0.574. The molecule has 0 saturated carbocycles. The normalized spacial score (nSPS) is 11.3. The zero-order chi connectivity index (χ0) is 21.2. The third kappa shape index (κ3) is 5.29. The number of thiophene rings is 1. The summed E-state index contributed by atoms with van der Waals surface area (Å²) in [7, 11) is 3.30. The number of nitrogens with zero attached hydrogens (tertiary/aromatic N) is 1. The van der Waals surface area contributed by atoms with Crippen LogP contribution >= 0.6 is 11.3 Å². The molecule has 0 fully saturated rings. The number of amides is 1. The van der Waals surface area contributed by atoms with Crippen molar-refractivity contribution in [1.29, 1.82) is 0 Å². The van der Waals surface area contributed by atoms with E-state index in [2.05, 4.69) is 10.6 Å². The van der Waals surface area contributed by atoms with Crippen molar-refractivity contribution in [2.24, 2.45) is 7.05 Å². The van der Waals surface area contributed by atoms with Gasteiger partial charge in [0.15, 0.2) is 0 Å². The van der Waals surface area contributed by atoms with Gasteiger partial charge < -0.3 is 19.4 Å². The van der Waals surface area contributed by atoms with Crippen molar-refractivity contribution < 1.29 is 19.1 Å². The molecule has 0 aliphatic rings. The van der Waals surface area contributed by atoms with E-state index in [0.717, 1.165) is 21.5 Å². The molecule has 2 N–H and O–H groups in total. The Bertz CT molecular complexity index is 1050. The summed E-state index contributed by atoms with van der Waals surface area (Å²) in [5.74, 6) is -0.325. The van der Waals surface area contributed by atoms with Crippen LogP contribution in [0.3, 0.4) is 0 Å². The average Bonchev–Trinajstić information content (AvgIpc) is 3.20. The van der Waals surface area contributed by atoms with E-state index in [9.17, 15) is 9.59 Å². The first-order valence-electron chi connectivity index (χ1n) is 9.15. The molecule has 1 amide bonds. The molecule has 2 aromatic heterocycles. The number of esters is 1. The minimum Gasteiger partial charge on any atom is -0.465 e.